The summed E-state index contributed by atoms with van der Waals surface area (Å²) in [5.41, 5.74) is 4.25. The Labute approximate surface area is 167 Å². The molecule has 0 aromatic heterocycles. The van der Waals surface area contributed by atoms with E-state index in [1.54, 1.807) is 0 Å². The first kappa shape index (κ1) is 19.5. The van der Waals surface area contributed by atoms with E-state index < -0.39 is 0 Å². The van der Waals surface area contributed by atoms with E-state index in [1.165, 1.54) is 0 Å². The van der Waals surface area contributed by atoms with Crippen LogP contribution in [0.5, 0.6) is 0 Å². The molecule has 0 unspecified atom stereocenters. The Morgan fingerprint density at radius 1 is 0.741 bits per heavy atom. The number of hydrogen-bond acceptors (Lipinski definition) is 4. The molecular formula is C21H28N4OS. The van der Waals surface area contributed by atoms with Crippen molar-refractivity contribution in [3.05, 3.63) is 48.5 Å². The van der Waals surface area contributed by atoms with Crippen LogP contribution >= 0.6 is 12.2 Å². The van der Waals surface area contributed by atoms with Gasteiger partial charge in [-0.2, -0.15) is 0 Å². The zero-order valence-corrected chi connectivity index (χ0v) is 17.2. The molecular weight excluding hydrogens is 356 g/mol. The maximum absolute atomic E-state index is 5.80. The summed E-state index contributed by atoms with van der Waals surface area (Å²) in [4.78, 5) is 4.02. The lowest BCUT2D eigenvalue weighted by Crippen LogP contribution is -2.50. The molecule has 0 amide bonds. The van der Waals surface area contributed by atoms with Crippen molar-refractivity contribution in [1.29, 1.82) is 0 Å². The van der Waals surface area contributed by atoms with Crippen molar-refractivity contribution in [3.63, 3.8) is 0 Å². The van der Waals surface area contributed by atoms with Crippen molar-refractivity contribution in [2.45, 2.75) is 39.8 Å². The van der Waals surface area contributed by atoms with Gasteiger partial charge in [0, 0.05) is 34.8 Å². The number of ether oxygens (including phenoxy) is 1. The lowest BCUT2D eigenvalue weighted by Gasteiger charge is -2.38. The standard InChI is InChI=1S/C21H28N4OS/c1-15(2)22-17-5-9-19(10-6-17)24-13-26-14-25(21(24)27)20-11-7-18(8-12-20)23-16(3)4/h5-12,15-16,22-23H,13-14H2,1-4H3. The van der Waals surface area contributed by atoms with Gasteiger partial charge in [0.15, 0.2) is 5.11 Å². The average Bonchev–Trinajstić information content (AvgIpc) is 2.63. The number of nitrogens with one attached hydrogen (secondary N) is 2. The molecule has 2 aromatic rings. The molecule has 2 N–H and O–H groups in total. The summed E-state index contributed by atoms with van der Waals surface area (Å²) in [5.74, 6) is 0. The van der Waals surface area contributed by atoms with Crippen LogP contribution in [0.15, 0.2) is 48.5 Å². The van der Waals surface area contributed by atoms with Gasteiger partial charge in [-0.15, -0.1) is 0 Å². The van der Waals surface area contributed by atoms with E-state index in [0.717, 1.165) is 27.9 Å². The Hall–Kier alpha value is -2.31. The highest BCUT2D eigenvalue weighted by molar-refractivity contribution is 7.80. The Balaban J connectivity index is 1.73. The van der Waals surface area contributed by atoms with Gasteiger partial charge in [0.2, 0.25) is 0 Å². The second-order valence-electron chi connectivity index (χ2n) is 7.29. The van der Waals surface area contributed by atoms with E-state index in [4.69, 9.17) is 17.0 Å². The molecule has 1 heterocycles. The lowest BCUT2D eigenvalue weighted by molar-refractivity contribution is 0.138. The van der Waals surface area contributed by atoms with Crippen molar-refractivity contribution < 1.29 is 4.74 Å². The maximum atomic E-state index is 5.80. The van der Waals surface area contributed by atoms with E-state index in [2.05, 4.69) is 86.9 Å². The molecule has 0 bridgehead atoms. The first-order valence-electron chi connectivity index (χ1n) is 9.34. The molecule has 1 aliphatic rings. The van der Waals surface area contributed by atoms with Crippen LogP contribution in [0.4, 0.5) is 22.7 Å². The second-order valence-corrected chi connectivity index (χ2v) is 7.66. The number of thiocarbonyl (C=S) groups is 1. The van der Waals surface area contributed by atoms with E-state index in [1.807, 2.05) is 9.80 Å². The Morgan fingerprint density at radius 2 is 1.11 bits per heavy atom. The number of hydrogen-bond donors (Lipinski definition) is 2. The van der Waals surface area contributed by atoms with Crippen LogP contribution in [0.3, 0.4) is 0 Å². The largest absolute Gasteiger partial charge is 0.383 e. The van der Waals surface area contributed by atoms with Gasteiger partial charge in [-0.1, -0.05) is 0 Å². The van der Waals surface area contributed by atoms with Crippen LogP contribution in [-0.2, 0) is 4.74 Å². The van der Waals surface area contributed by atoms with Crippen LogP contribution in [0.25, 0.3) is 0 Å². The summed E-state index contributed by atoms with van der Waals surface area (Å²) in [6.45, 7) is 9.42. The minimum atomic E-state index is 0.402. The number of anilines is 4. The third kappa shape index (κ3) is 4.90. The molecule has 1 saturated heterocycles. The molecule has 6 heteroatoms. The molecule has 0 atom stereocenters. The third-order valence-corrected chi connectivity index (χ3v) is 4.61. The fourth-order valence-corrected chi connectivity index (χ4v) is 3.31. The predicted molar refractivity (Wildman–Crippen MR) is 119 cm³/mol. The SMILES string of the molecule is CC(C)Nc1ccc(N2COCN(c3ccc(NC(C)C)cc3)C2=S)cc1. The van der Waals surface area contributed by atoms with Gasteiger partial charge in [-0.25, -0.2) is 0 Å². The van der Waals surface area contributed by atoms with Gasteiger partial charge in [0.25, 0.3) is 0 Å². The number of nitrogens with zero attached hydrogens (tertiary/aromatic N) is 2. The fraction of sp³-hybridized carbons (Fsp3) is 0.381. The summed E-state index contributed by atoms with van der Waals surface area (Å²) in [6.07, 6.45) is 0. The summed E-state index contributed by atoms with van der Waals surface area (Å²) in [7, 11) is 0. The molecule has 3 rings (SSSR count). The van der Waals surface area contributed by atoms with Crippen LogP contribution in [0.1, 0.15) is 27.7 Å². The topological polar surface area (TPSA) is 39.8 Å². The summed E-state index contributed by atoms with van der Waals surface area (Å²) in [6, 6.07) is 17.4. The number of rotatable bonds is 6. The molecule has 2 aromatic carbocycles. The van der Waals surface area contributed by atoms with E-state index in [9.17, 15) is 0 Å². The Kier molecular flexibility index (Phi) is 6.19. The minimum Gasteiger partial charge on any atom is -0.383 e. The maximum Gasteiger partial charge on any atom is 0.184 e. The molecule has 0 radical (unpaired) electrons. The molecule has 144 valence electrons. The second kappa shape index (κ2) is 8.59. The number of benzene rings is 2. The zero-order chi connectivity index (χ0) is 19.4. The summed E-state index contributed by atoms with van der Waals surface area (Å²) in [5, 5.41) is 7.55. The highest BCUT2D eigenvalue weighted by Crippen LogP contribution is 2.26. The van der Waals surface area contributed by atoms with Crippen LogP contribution < -0.4 is 20.4 Å². The van der Waals surface area contributed by atoms with E-state index in [0.29, 0.717) is 25.5 Å². The van der Waals surface area contributed by atoms with Crippen LogP contribution in [0.2, 0.25) is 0 Å². The minimum absolute atomic E-state index is 0.402. The smallest absolute Gasteiger partial charge is 0.184 e. The quantitative estimate of drug-likeness (QED) is 0.693. The Morgan fingerprint density at radius 3 is 1.44 bits per heavy atom. The monoisotopic (exact) mass is 384 g/mol. The Bertz CT molecular complexity index is 695. The molecule has 5 nitrogen and oxygen atoms in total. The lowest BCUT2D eigenvalue weighted by atomic mass is 10.2. The van der Waals surface area contributed by atoms with Gasteiger partial charge < -0.3 is 15.4 Å². The van der Waals surface area contributed by atoms with E-state index >= 15 is 0 Å². The van der Waals surface area contributed by atoms with Gasteiger partial charge in [0.1, 0.15) is 13.5 Å². The van der Waals surface area contributed by atoms with E-state index in [-0.39, 0.29) is 0 Å². The average molecular weight is 385 g/mol. The molecule has 0 saturated carbocycles. The van der Waals surface area contributed by atoms with Crippen molar-refractivity contribution >= 4 is 40.1 Å². The van der Waals surface area contributed by atoms with Gasteiger partial charge in [0.05, 0.1) is 0 Å². The zero-order valence-electron chi connectivity index (χ0n) is 16.4. The predicted octanol–water partition coefficient (Wildman–Crippen LogP) is 4.87. The third-order valence-electron chi connectivity index (χ3n) is 4.17. The first-order valence-corrected chi connectivity index (χ1v) is 9.75. The van der Waals surface area contributed by atoms with Crippen molar-refractivity contribution in [2.75, 3.05) is 33.9 Å². The summed E-state index contributed by atoms with van der Waals surface area (Å²) >= 11 is 5.76. The molecule has 0 spiro atoms. The summed E-state index contributed by atoms with van der Waals surface area (Å²) < 4.78 is 5.80. The van der Waals surface area contributed by atoms with Gasteiger partial charge in [-0.3, -0.25) is 9.80 Å². The van der Waals surface area contributed by atoms with Crippen LogP contribution in [0, 0.1) is 0 Å². The molecule has 0 aliphatic carbocycles. The van der Waals surface area contributed by atoms with Gasteiger partial charge >= 0.3 is 0 Å². The molecule has 1 aliphatic heterocycles. The fourth-order valence-electron chi connectivity index (χ4n) is 2.99. The van der Waals surface area contributed by atoms with Gasteiger partial charge in [-0.05, 0) is 88.4 Å². The highest BCUT2D eigenvalue weighted by Gasteiger charge is 2.25. The first-order chi connectivity index (χ1) is 12.9. The molecule has 1 fully saturated rings. The normalized spacial score (nSPS) is 14.8. The van der Waals surface area contributed by atoms with Crippen molar-refractivity contribution in [3.8, 4) is 0 Å². The van der Waals surface area contributed by atoms with Crippen LogP contribution in [-0.4, -0.2) is 30.7 Å². The highest BCUT2D eigenvalue weighted by atomic mass is 32.1. The van der Waals surface area contributed by atoms with Crippen molar-refractivity contribution in [1.82, 2.24) is 0 Å². The van der Waals surface area contributed by atoms with Crippen molar-refractivity contribution in [2.24, 2.45) is 0 Å². The molecule has 27 heavy (non-hydrogen) atoms.